The number of hydrogen-bond donors (Lipinski definition) is 1. The van der Waals surface area contributed by atoms with E-state index in [0.29, 0.717) is 37.1 Å². The van der Waals surface area contributed by atoms with Gasteiger partial charge in [0.15, 0.2) is 5.82 Å². The monoisotopic (exact) mass is 599 g/mol. The highest BCUT2D eigenvalue weighted by Gasteiger charge is 2.32. The third-order valence-electron chi connectivity index (χ3n) is 8.32. The molecule has 0 aliphatic carbocycles. The lowest BCUT2D eigenvalue weighted by Gasteiger charge is -2.35. The van der Waals surface area contributed by atoms with Crippen LogP contribution >= 0.6 is 11.6 Å². The van der Waals surface area contributed by atoms with Gasteiger partial charge in [-0.15, -0.1) is 5.10 Å². The number of carbonyl (C=O) groups is 2. The number of carbonyl (C=O) groups excluding carboxylic acids is 2. The number of aromatic nitrogens is 5. The molecule has 4 heterocycles. The summed E-state index contributed by atoms with van der Waals surface area (Å²) in [5.41, 5.74) is 4.43. The van der Waals surface area contributed by atoms with Crippen molar-refractivity contribution in [2.75, 3.05) is 11.9 Å². The Bertz CT molecular complexity index is 1710. The average Bonchev–Trinajstić information content (AvgIpc) is 3.53. The highest BCUT2D eigenvalue weighted by Crippen LogP contribution is 2.38. The third kappa shape index (κ3) is 5.67. The number of benzene rings is 2. The van der Waals surface area contributed by atoms with Crippen molar-refractivity contribution in [3.63, 3.8) is 0 Å². The Morgan fingerprint density at radius 1 is 1.09 bits per heavy atom. The Morgan fingerprint density at radius 2 is 1.93 bits per heavy atom. The summed E-state index contributed by atoms with van der Waals surface area (Å²) in [5.74, 6) is -0.908. The average molecular weight is 600 g/mol. The van der Waals surface area contributed by atoms with Gasteiger partial charge in [-0.2, -0.15) is 4.68 Å². The van der Waals surface area contributed by atoms with E-state index >= 15 is 4.39 Å². The van der Waals surface area contributed by atoms with Gasteiger partial charge in [-0.05, 0) is 77.1 Å². The predicted molar refractivity (Wildman–Crippen MR) is 162 cm³/mol. The Kier molecular flexibility index (Phi) is 8.03. The standard InChI is InChI=1S/C32H31ClFN7O2/c1-19(2)22-7-5-9-27(26-16-20(12-14-35-26)23-6-3-4-8-25(23)37-32(22)43)40-15-13-21(17-29(40)42)30-28(41-18-36-38-39-41)11-10-24(33)31(30)34/h3-4,6,8,10-12,14,16-19,22,27H,5,7,9,13,15H2,1-2H3,(H,37,43)/t22?,27-/m0/s1. The number of hydrogen-bond acceptors (Lipinski definition) is 6. The van der Waals surface area contributed by atoms with Gasteiger partial charge in [-0.3, -0.25) is 14.6 Å². The summed E-state index contributed by atoms with van der Waals surface area (Å²) in [6.07, 6.45) is 7.02. The van der Waals surface area contributed by atoms with E-state index in [1.807, 2.05) is 36.4 Å². The fourth-order valence-electron chi connectivity index (χ4n) is 6.10. The largest absolute Gasteiger partial charge is 0.330 e. The van der Waals surface area contributed by atoms with Crippen LogP contribution in [0.1, 0.15) is 56.8 Å². The van der Waals surface area contributed by atoms with Crippen molar-refractivity contribution in [1.82, 2.24) is 30.1 Å². The molecule has 11 heteroatoms. The zero-order valence-electron chi connectivity index (χ0n) is 23.9. The molecule has 220 valence electrons. The van der Waals surface area contributed by atoms with E-state index in [2.05, 4.69) is 34.7 Å². The first-order chi connectivity index (χ1) is 20.8. The van der Waals surface area contributed by atoms with Crippen LogP contribution in [0.25, 0.3) is 22.4 Å². The lowest BCUT2D eigenvalue weighted by Crippen LogP contribution is -2.38. The number of tetrazole rings is 1. The van der Waals surface area contributed by atoms with Crippen molar-refractivity contribution in [1.29, 1.82) is 0 Å². The second-order valence-electron chi connectivity index (χ2n) is 11.3. The number of para-hydroxylation sites is 1. The minimum atomic E-state index is -0.626. The molecule has 0 fully saturated rings. The van der Waals surface area contributed by atoms with Gasteiger partial charge in [-0.1, -0.05) is 50.1 Å². The fraction of sp³-hybridized carbons (Fsp3) is 0.312. The van der Waals surface area contributed by atoms with Crippen molar-refractivity contribution in [2.45, 2.75) is 45.6 Å². The molecule has 0 saturated heterocycles. The quantitative estimate of drug-likeness (QED) is 0.296. The van der Waals surface area contributed by atoms with Crippen LogP contribution in [0.2, 0.25) is 5.02 Å². The lowest BCUT2D eigenvalue weighted by atomic mass is 9.87. The maximum atomic E-state index is 15.4. The van der Waals surface area contributed by atoms with Gasteiger partial charge < -0.3 is 10.2 Å². The summed E-state index contributed by atoms with van der Waals surface area (Å²) in [6, 6.07) is 14.4. The highest BCUT2D eigenvalue weighted by atomic mass is 35.5. The summed E-state index contributed by atoms with van der Waals surface area (Å²) in [7, 11) is 0. The van der Waals surface area contributed by atoms with Crippen molar-refractivity contribution < 1.29 is 14.0 Å². The second-order valence-corrected chi connectivity index (χ2v) is 11.7. The number of pyridine rings is 1. The predicted octanol–water partition coefficient (Wildman–Crippen LogP) is 6.27. The molecule has 9 nitrogen and oxygen atoms in total. The molecular weight excluding hydrogens is 569 g/mol. The highest BCUT2D eigenvalue weighted by molar-refractivity contribution is 6.31. The minimum Gasteiger partial charge on any atom is -0.330 e. The normalized spacial score (nSPS) is 19.3. The van der Waals surface area contributed by atoms with Gasteiger partial charge in [0, 0.05) is 41.5 Å². The van der Waals surface area contributed by atoms with Gasteiger partial charge in [0.2, 0.25) is 11.8 Å². The molecule has 4 aromatic rings. The summed E-state index contributed by atoms with van der Waals surface area (Å²) in [4.78, 5) is 33.7. The molecule has 2 aliphatic rings. The van der Waals surface area contributed by atoms with Crippen molar-refractivity contribution in [3.05, 3.63) is 89.2 Å². The minimum absolute atomic E-state index is 0.00240. The molecule has 2 bridgehead atoms. The molecule has 2 atom stereocenters. The fourth-order valence-corrected chi connectivity index (χ4v) is 6.26. The molecule has 1 N–H and O–H groups in total. The SMILES string of the molecule is CC(C)C1CCC[C@H](N2CCC(c3c(-n4cnnn4)ccc(Cl)c3F)=CC2=O)c2cc(ccn2)-c2ccccc2NC1=O. The first kappa shape index (κ1) is 28.7. The molecule has 0 radical (unpaired) electrons. The van der Waals surface area contributed by atoms with Crippen LogP contribution in [0, 0.1) is 17.7 Å². The third-order valence-corrected chi connectivity index (χ3v) is 8.61. The first-order valence-electron chi connectivity index (χ1n) is 14.4. The van der Waals surface area contributed by atoms with Crippen LogP contribution in [-0.4, -0.2) is 48.5 Å². The molecule has 43 heavy (non-hydrogen) atoms. The zero-order valence-corrected chi connectivity index (χ0v) is 24.6. The van der Waals surface area contributed by atoms with E-state index < -0.39 is 5.82 Å². The van der Waals surface area contributed by atoms with Crippen LogP contribution < -0.4 is 5.32 Å². The summed E-state index contributed by atoms with van der Waals surface area (Å²) in [5, 5.41) is 14.4. The molecule has 2 aliphatic heterocycles. The molecule has 2 aromatic carbocycles. The van der Waals surface area contributed by atoms with Crippen molar-refractivity contribution in [2.24, 2.45) is 11.8 Å². The Labute approximate surface area is 253 Å². The van der Waals surface area contributed by atoms with Crippen molar-refractivity contribution in [3.8, 4) is 16.8 Å². The van der Waals surface area contributed by atoms with Crippen molar-refractivity contribution >= 4 is 34.7 Å². The van der Waals surface area contributed by atoms with E-state index in [-0.39, 0.29) is 40.3 Å². The number of nitrogens with zero attached hydrogens (tertiary/aromatic N) is 6. The number of fused-ring (bicyclic) bond motifs is 4. The number of amides is 2. The van der Waals surface area contributed by atoms with Crippen LogP contribution in [0.4, 0.5) is 10.1 Å². The number of anilines is 1. The maximum absolute atomic E-state index is 15.4. The van der Waals surface area contributed by atoms with Gasteiger partial charge in [0.25, 0.3) is 0 Å². The maximum Gasteiger partial charge on any atom is 0.247 e. The Balaban J connectivity index is 1.38. The van der Waals surface area contributed by atoms with E-state index in [4.69, 9.17) is 16.6 Å². The molecular formula is C32H31ClFN7O2. The van der Waals surface area contributed by atoms with Gasteiger partial charge >= 0.3 is 0 Å². The second kappa shape index (κ2) is 12.0. The zero-order chi connectivity index (χ0) is 30.1. The van der Waals surface area contributed by atoms with Crippen LogP contribution in [0.3, 0.4) is 0 Å². The summed E-state index contributed by atoms with van der Waals surface area (Å²) >= 11 is 6.16. The van der Waals surface area contributed by atoms with E-state index in [1.165, 1.54) is 23.2 Å². The van der Waals surface area contributed by atoms with E-state index in [0.717, 1.165) is 28.9 Å². The lowest BCUT2D eigenvalue weighted by molar-refractivity contribution is -0.129. The van der Waals surface area contributed by atoms with Gasteiger partial charge in [-0.25, -0.2) is 4.39 Å². The van der Waals surface area contributed by atoms with E-state index in [9.17, 15) is 9.59 Å². The number of nitrogens with one attached hydrogen (secondary N) is 1. The summed E-state index contributed by atoms with van der Waals surface area (Å²) < 4.78 is 16.8. The van der Waals surface area contributed by atoms with E-state index in [1.54, 1.807) is 17.2 Å². The number of rotatable bonds is 4. The summed E-state index contributed by atoms with van der Waals surface area (Å²) in [6.45, 7) is 4.47. The molecule has 2 aromatic heterocycles. The van der Waals surface area contributed by atoms with Gasteiger partial charge in [0.05, 0.1) is 22.4 Å². The topological polar surface area (TPSA) is 106 Å². The van der Waals surface area contributed by atoms with Gasteiger partial charge in [0.1, 0.15) is 6.33 Å². The number of halogens is 2. The molecule has 6 rings (SSSR count). The smallest absolute Gasteiger partial charge is 0.247 e. The Morgan fingerprint density at radius 3 is 2.70 bits per heavy atom. The molecule has 2 amide bonds. The molecule has 1 unspecified atom stereocenters. The molecule has 0 spiro atoms. The molecule has 0 saturated carbocycles. The van der Waals surface area contributed by atoms with Crippen LogP contribution in [0.15, 0.2) is 67.1 Å². The first-order valence-corrected chi connectivity index (χ1v) is 14.8. The Hall–Kier alpha value is -4.44. The van der Waals surface area contributed by atoms with Crippen LogP contribution in [-0.2, 0) is 9.59 Å². The van der Waals surface area contributed by atoms with Crippen LogP contribution in [0.5, 0.6) is 0 Å².